The van der Waals surface area contributed by atoms with Crippen LogP contribution in [0.5, 0.6) is 0 Å². The summed E-state index contributed by atoms with van der Waals surface area (Å²) < 4.78 is 0. The summed E-state index contributed by atoms with van der Waals surface area (Å²) in [4.78, 5) is 24.7. The van der Waals surface area contributed by atoms with Gasteiger partial charge in [-0.25, -0.2) is 0 Å². The number of rotatable bonds is 8. The Morgan fingerprint density at radius 2 is 1.12 bits per heavy atom. The maximum absolute atomic E-state index is 12.4. The van der Waals surface area contributed by atoms with Crippen LogP contribution in [0.2, 0.25) is 0 Å². The van der Waals surface area contributed by atoms with Crippen molar-refractivity contribution < 1.29 is 9.59 Å². The zero-order chi connectivity index (χ0) is 23.2. The van der Waals surface area contributed by atoms with Crippen LogP contribution in [0, 0.1) is 0 Å². The molecule has 2 N–H and O–H groups in total. The number of anilines is 2. The fraction of sp³-hybridized carbons (Fsp3) is 0.360. The lowest BCUT2D eigenvalue weighted by molar-refractivity contribution is 0.0951. The number of nitrogens with zero attached hydrogens (tertiary/aromatic N) is 4. The molecule has 0 aliphatic carbocycles. The summed E-state index contributed by atoms with van der Waals surface area (Å²) in [5.41, 5.74) is 5.44. The Morgan fingerprint density at radius 3 is 1.45 bits per heavy atom. The third kappa shape index (κ3) is 5.77. The minimum atomic E-state index is -0.121. The Bertz CT molecular complexity index is 974. The third-order valence-corrected chi connectivity index (χ3v) is 5.73. The maximum atomic E-state index is 12.4. The molecular weight excluding hydrogens is 416 g/mol. The Balaban J connectivity index is 1.16. The van der Waals surface area contributed by atoms with Crippen molar-refractivity contribution in [1.82, 2.24) is 10.6 Å². The lowest BCUT2D eigenvalue weighted by atomic mass is 10.2. The molecule has 172 valence electrons. The predicted octanol–water partition coefficient (Wildman–Crippen LogP) is 3.41. The van der Waals surface area contributed by atoms with E-state index in [0.29, 0.717) is 30.6 Å². The van der Waals surface area contributed by atoms with E-state index < -0.39 is 0 Å². The van der Waals surface area contributed by atoms with Crippen molar-refractivity contribution >= 4 is 34.6 Å². The number of benzene rings is 2. The summed E-state index contributed by atoms with van der Waals surface area (Å²) in [6.45, 7) is 6.76. The molecule has 8 nitrogen and oxygen atoms in total. The molecule has 2 heterocycles. The smallest absolute Gasteiger partial charge is 0.251 e. The highest BCUT2D eigenvalue weighted by atomic mass is 16.2. The molecule has 0 atom stereocenters. The van der Waals surface area contributed by atoms with Gasteiger partial charge in [-0.3, -0.25) is 19.6 Å². The molecule has 33 heavy (non-hydrogen) atoms. The highest BCUT2D eigenvalue weighted by Crippen LogP contribution is 2.21. The number of amides is 2. The third-order valence-electron chi connectivity index (χ3n) is 5.73. The van der Waals surface area contributed by atoms with Crippen LogP contribution in [0.4, 0.5) is 11.4 Å². The zero-order valence-electron chi connectivity index (χ0n) is 19.2. The molecule has 0 aromatic heterocycles. The predicted molar refractivity (Wildman–Crippen MR) is 132 cm³/mol. The first kappa shape index (κ1) is 22.5. The molecule has 2 amide bonds. The summed E-state index contributed by atoms with van der Waals surface area (Å²) in [7, 11) is 0. The van der Waals surface area contributed by atoms with Crippen LogP contribution < -0.4 is 20.7 Å². The van der Waals surface area contributed by atoms with Crippen LogP contribution in [0.1, 0.15) is 53.8 Å². The van der Waals surface area contributed by atoms with Crippen molar-refractivity contribution in [1.29, 1.82) is 0 Å². The average molecular weight is 447 g/mol. The molecule has 2 aromatic rings. The second-order valence-corrected chi connectivity index (χ2v) is 8.38. The summed E-state index contributed by atoms with van der Waals surface area (Å²) in [5, 5.41) is 18.7. The van der Waals surface area contributed by atoms with Crippen LogP contribution >= 0.6 is 0 Å². The van der Waals surface area contributed by atoms with E-state index in [2.05, 4.69) is 20.8 Å². The van der Waals surface area contributed by atoms with Gasteiger partial charge in [0.15, 0.2) is 0 Å². The average Bonchev–Trinajstić information content (AvgIpc) is 3.47. The first-order valence-electron chi connectivity index (χ1n) is 11.4. The Morgan fingerprint density at radius 1 is 0.727 bits per heavy atom. The molecule has 0 saturated carbocycles. The summed E-state index contributed by atoms with van der Waals surface area (Å²) in [6.07, 6.45) is 2.59. The van der Waals surface area contributed by atoms with Gasteiger partial charge in [-0.15, -0.1) is 0 Å². The quantitative estimate of drug-likeness (QED) is 0.608. The molecule has 4 rings (SSSR count). The van der Waals surface area contributed by atoms with Crippen molar-refractivity contribution in [2.45, 2.75) is 33.1 Å². The lowest BCUT2D eigenvalue weighted by Gasteiger charge is -2.14. The lowest BCUT2D eigenvalue weighted by Crippen LogP contribution is -2.30. The van der Waals surface area contributed by atoms with Gasteiger partial charge in [0, 0.05) is 61.6 Å². The van der Waals surface area contributed by atoms with Crippen molar-refractivity contribution in [3.8, 4) is 0 Å². The summed E-state index contributed by atoms with van der Waals surface area (Å²) in [6, 6.07) is 14.9. The number of hydrazone groups is 2. The Kier molecular flexibility index (Phi) is 7.02. The van der Waals surface area contributed by atoms with Gasteiger partial charge >= 0.3 is 0 Å². The number of carbonyl (C=O) groups excluding carboxylic acids is 2. The Hall–Kier alpha value is -3.68. The first-order valence-corrected chi connectivity index (χ1v) is 11.4. The van der Waals surface area contributed by atoms with Crippen LogP contribution in [0.3, 0.4) is 0 Å². The number of hydrogen-bond acceptors (Lipinski definition) is 6. The minimum absolute atomic E-state index is 0.121. The molecule has 2 aromatic carbocycles. The molecule has 8 heteroatoms. The van der Waals surface area contributed by atoms with E-state index in [1.807, 2.05) is 72.4 Å². The number of nitrogens with one attached hydrogen (secondary N) is 2. The Labute approximate surface area is 194 Å². The minimum Gasteiger partial charge on any atom is -0.352 e. The molecule has 2 aliphatic heterocycles. The highest BCUT2D eigenvalue weighted by Gasteiger charge is 2.15. The van der Waals surface area contributed by atoms with Crippen molar-refractivity contribution in [3.05, 3.63) is 59.7 Å². The van der Waals surface area contributed by atoms with E-state index in [9.17, 15) is 9.59 Å². The van der Waals surface area contributed by atoms with Crippen molar-refractivity contribution in [2.24, 2.45) is 10.2 Å². The summed E-state index contributed by atoms with van der Waals surface area (Å²) >= 11 is 0. The summed E-state index contributed by atoms with van der Waals surface area (Å²) in [5.74, 6) is -0.242. The molecular formula is C25H30N6O2. The standard InChI is InChI=1S/C25H30N6O2/c1-18-12-16-30(28-18)22-8-4-20(5-9-22)24(32)26-14-3-15-27-25(33)21-6-10-23(11-7-21)31-17-13-19(2)29-31/h4-11H,3,12-17H2,1-2H3,(H,26,32)(H,27,33). The van der Waals surface area contributed by atoms with E-state index >= 15 is 0 Å². The second-order valence-electron chi connectivity index (χ2n) is 8.38. The van der Waals surface area contributed by atoms with Gasteiger partial charge in [0.25, 0.3) is 11.8 Å². The SMILES string of the molecule is CC1=NN(c2ccc(C(=O)NCCCNC(=O)c3ccc(N4CCC(C)=N4)cc3)cc2)CC1. The van der Waals surface area contributed by atoms with Crippen LogP contribution in [-0.4, -0.2) is 49.4 Å². The molecule has 0 unspecified atom stereocenters. The second kappa shape index (κ2) is 10.3. The molecule has 0 fully saturated rings. The molecule has 0 saturated heterocycles. The first-order chi connectivity index (χ1) is 16.0. The maximum Gasteiger partial charge on any atom is 0.251 e. The number of hydrogen-bond donors (Lipinski definition) is 2. The molecule has 2 aliphatic rings. The van der Waals surface area contributed by atoms with Gasteiger partial charge in [0.1, 0.15) is 0 Å². The van der Waals surface area contributed by atoms with E-state index in [4.69, 9.17) is 0 Å². The van der Waals surface area contributed by atoms with Gasteiger partial charge < -0.3 is 10.6 Å². The number of carbonyl (C=O) groups is 2. The molecule has 0 radical (unpaired) electrons. The van der Waals surface area contributed by atoms with E-state index in [1.165, 1.54) is 0 Å². The van der Waals surface area contributed by atoms with Gasteiger partial charge in [-0.2, -0.15) is 10.2 Å². The van der Waals surface area contributed by atoms with E-state index in [-0.39, 0.29) is 11.8 Å². The van der Waals surface area contributed by atoms with E-state index in [1.54, 1.807) is 0 Å². The largest absolute Gasteiger partial charge is 0.352 e. The monoisotopic (exact) mass is 446 g/mol. The van der Waals surface area contributed by atoms with Crippen LogP contribution in [0.25, 0.3) is 0 Å². The van der Waals surface area contributed by atoms with Crippen molar-refractivity contribution in [3.63, 3.8) is 0 Å². The van der Waals surface area contributed by atoms with Gasteiger partial charge in [-0.05, 0) is 68.8 Å². The molecule has 0 bridgehead atoms. The van der Waals surface area contributed by atoms with Gasteiger partial charge in [0.05, 0.1) is 11.4 Å². The zero-order valence-corrected chi connectivity index (χ0v) is 19.2. The van der Waals surface area contributed by atoms with E-state index in [0.717, 1.165) is 48.7 Å². The molecule has 0 spiro atoms. The normalized spacial score (nSPS) is 15.3. The topological polar surface area (TPSA) is 89.4 Å². The van der Waals surface area contributed by atoms with Crippen LogP contribution in [0.15, 0.2) is 58.7 Å². The fourth-order valence-corrected chi connectivity index (χ4v) is 3.79. The van der Waals surface area contributed by atoms with Gasteiger partial charge in [0.2, 0.25) is 0 Å². The van der Waals surface area contributed by atoms with Gasteiger partial charge in [-0.1, -0.05) is 0 Å². The fourth-order valence-electron chi connectivity index (χ4n) is 3.79. The van der Waals surface area contributed by atoms with Crippen LogP contribution in [-0.2, 0) is 0 Å². The van der Waals surface area contributed by atoms with Crippen molar-refractivity contribution in [2.75, 3.05) is 36.2 Å². The highest BCUT2D eigenvalue weighted by molar-refractivity contribution is 5.95.